The molecule has 0 heterocycles. The third kappa shape index (κ3) is 3.70. The third-order valence-electron chi connectivity index (χ3n) is 5.96. The Morgan fingerprint density at radius 3 is 2.50 bits per heavy atom. The first-order valence-electron chi connectivity index (χ1n) is 9.12. The fourth-order valence-electron chi connectivity index (χ4n) is 4.41. The van der Waals surface area contributed by atoms with Crippen LogP contribution in [0.3, 0.4) is 0 Å². The summed E-state index contributed by atoms with van der Waals surface area (Å²) in [5, 5.41) is 0. The highest BCUT2D eigenvalue weighted by Gasteiger charge is 2.61. The lowest BCUT2D eigenvalue weighted by Gasteiger charge is -2.25. The fourth-order valence-corrected chi connectivity index (χ4v) is 4.54. The Kier molecular flexibility index (Phi) is 6.00. The van der Waals surface area contributed by atoms with Gasteiger partial charge in [0.1, 0.15) is 0 Å². The summed E-state index contributed by atoms with van der Waals surface area (Å²) in [6.07, 6.45) is 9.16. The summed E-state index contributed by atoms with van der Waals surface area (Å²) in [5.74, 6) is 1.42. The average Bonchev–Trinajstić information content (AvgIpc) is 3.08. The van der Waals surface area contributed by atoms with Crippen molar-refractivity contribution in [2.45, 2.75) is 78.6 Å². The lowest BCUT2D eigenvalue weighted by Crippen LogP contribution is -2.17. The van der Waals surface area contributed by atoms with E-state index in [9.17, 15) is 0 Å². The van der Waals surface area contributed by atoms with Crippen LogP contribution in [0.5, 0.6) is 0 Å². The van der Waals surface area contributed by atoms with E-state index in [4.69, 9.17) is 11.6 Å². The van der Waals surface area contributed by atoms with Gasteiger partial charge < -0.3 is 0 Å². The highest BCUT2D eigenvalue weighted by molar-refractivity contribution is 6.17. The molecule has 2 rings (SSSR count). The molecule has 1 aromatic carbocycles. The maximum Gasteiger partial charge on any atom is 0.0223 e. The summed E-state index contributed by atoms with van der Waals surface area (Å²) >= 11 is 6.02. The SMILES string of the molecule is CCCCC1(C)CC1(CCCCl)Cc1ccccc1C(C)C. The zero-order chi connectivity index (χ0) is 16.2. The number of hydrogen-bond acceptors (Lipinski definition) is 0. The summed E-state index contributed by atoms with van der Waals surface area (Å²) < 4.78 is 0. The maximum absolute atomic E-state index is 6.02. The van der Waals surface area contributed by atoms with Crippen LogP contribution in [-0.2, 0) is 6.42 Å². The van der Waals surface area contributed by atoms with E-state index >= 15 is 0 Å². The summed E-state index contributed by atoms with van der Waals surface area (Å²) in [4.78, 5) is 0. The molecule has 0 nitrogen and oxygen atoms in total. The van der Waals surface area contributed by atoms with Crippen LogP contribution in [0, 0.1) is 10.8 Å². The molecule has 0 bridgehead atoms. The zero-order valence-corrected chi connectivity index (χ0v) is 15.7. The van der Waals surface area contributed by atoms with Gasteiger partial charge >= 0.3 is 0 Å². The van der Waals surface area contributed by atoms with Crippen LogP contribution < -0.4 is 0 Å². The summed E-state index contributed by atoms with van der Waals surface area (Å²) in [6.45, 7) is 9.45. The van der Waals surface area contributed by atoms with Crippen molar-refractivity contribution in [3.05, 3.63) is 35.4 Å². The van der Waals surface area contributed by atoms with Crippen LogP contribution in [-0.4, -0.2) is 5.88 Å². The largest absolute Gasteiger partial charge is 0.127 e. The number of rotatable bonds is 9. The first-order valence-corrected chi connectivity index (χ1v) is 9.65. The molecule has 22 heavy (non-hydrogen) atoms. The van der Waals surface area contributed by atoms with E-state index in [1.54, 1.807) is 5.56 Å². The van der Waals surface area contributed by atoms with Gasteiger partial charge in [0.05, 0.1) is 0 Å². The molecule has 0 N–H and O–H groups in total. The van der Waals surface area contributed by atoms with Crippen LogP contribution in [0.25, 0.3) is 0 Å². The smallest absolute Gasteiger partial charge is 0.0223 e. The molecule has 0 aromatic heterocycles. The molecular weight excluding hydrogens is 288 g/mol. The predicted octanol–water partition coefficient (Wildman–Crippen LogP) is 6.96. The van der Waals surface area contributed by atoms with Crippen molar-refractivity contribution in [1.82, 2.24) is 0 Å². The van der Waals surface area contributed by atoms with Crippen molar-refractivity contribution in [1.29, 1.82) is 0 Å². The van der Waals surface area contributed by atoms with E-state index in [1.165, 1.54) is 44.1 Å². The predicted molar refractivity (Wildman–Crippen MR) is 98.9 cm³/mol. The molecule has 1 heteroatoms. The standard InChI is InChI=1S/C21H33Cl/c1-5-6-12-20(4)16-21(20,13-9-14-22)15-18-10-7-8-11-19(18)17(2)3/h7-8,10-11,17H,5-6,9,12-16H2,1-4H3. The minimum atomic E-state index is 0.502. The Morgan fingerprint density at radius 2 is 1.86 bits per heavy atom. The van der Waals surface area contributed by atoms with Gasteiger partial charge in [-0.05, 0) is 60.0 Å². The van der Waals surface area contributed by atoms with Gasteiger partial charge in [-0.25, -0.2) is 0 Å². The van der Waals surface area contributed by atoms with E-state index in [0.29, 0.717) is 16.7 Å². The van der Waals surface area contributed by atoms with E-state index in [-0.39, 0.29) is 0 Å². The molecule has 1 aliphatic rings. The van der Waals surface area contributed by atoms with Crippen LogP contribution in [0.15, 0.2) is 24.3 Å². The minimum absolute atomic E-state index is 0.502. The topological polar surface area (TPSA) is 0 Å². The highest BCUT2D eigenvalue weighted by atomic mass is 35.5. The van der Waals surface area contributed by atoms with Gasteiger partial charge in [0.2, 0.25) is 0 Å². The number of alkyl halides is 1. The summed E-state index contributed by atoms with van der Waals surface area (Å²) in [7, 11) is 0. The highest BCUT2D eigenvalue weighted by Crippen LogP contribution is 2.70. The Labute approximate surface area is 142 Å². The van der Waals surface area contributed by atoms with E-state index < -0.39 is 0 Å². The number of benzene rings is 1. The Balaban J connectivity index is 2.19. The van der Waals surface area contributed by atoms with Gasteiger partial charge in [-0.3, -0.25) is 0 Å². The first kappa shape index (κ1) is 17.9. The third-order valence-corrected chi connectivity index (χ3v) is 6.23. The van der Waals surface area contributed by atoms with Crippen LogP contribution in [0.1, 0.15) is 83.3 Å². The molecule has 1 saturated carbocycles. The summed E-state index contributed by atoms with van der Waals surface area (Å²) in [5.41, 5.74) is 4.16. The lowest BCUT2D eigenvalue weighted by atomic mass is 9.80. The molecule has 1 fully saturated rings. The zero-order valence-electron chi connectivity index (χ0n) is 14.9. The van der Waals surface area contributed by atoms with Gasteiger partial charge in [0.15, 0.2) is 0 Å². The Morgan fingerprint density at radius 1 is 1.14 bits per heavy atom. The molecule has 0 radical (unpaired) electrons. The second-order valence-corrected chi connectivity index (χ2v) is 8.32. The minimum Gasteiger partial charge on any atom is -0.127 e. The Hall–Kier alpha value is -0.490. The first-order chi connectivity index (χ1) is 10.5. The molecule has 2 unspecified atom stereocenters. The van der Waals surface area contributed by atoms with Crippen LogP contribution in [0.2, 0.25) is 0 Å². The van der Waals surface area contributed by atoms with Crippen molar-refractivity contribution in [2.75, 3.05) is 5.88 Å². The van der Waals surface area contributed by atoms with Crippen molar-refractivity contribution in [3.8, 4) is 0 Å². The van der Waals surface area contributed by atoms with Gasteiger partial charge in [-0.1, -0.05) is 64.8 Å². The van der Waals surface area contributed by atoms with Crippen molar-refractivity contribution in [2.24, 2.45) is 10.8 Å². The molecule has 1 aromatic rings. The molecule has 0 amide bonds. The van der Waals surface area contributed by atoms with E-state index in [2.05, 4.69) is 52.0 Å². The Bertz CT molecular complexity index is 479. The normalized spacial score (nSPS) is 27.4. The van der Waals surface area contributed by atoms with E-state index in [1.807, 2.05) is 0 Å². The van der Waals surface area contributed by atoms with Crippen LogP contribution in [0.4, 0.5) is 0 Å². The van der Waals surface area contributed by atoms with Gasteiger partial charge in [-0.2, -0.15) is 0 Å². The second kappa shape index (κ2) is 7.39. The number of halogens is 1. The van der Waals surface area contributed by atoms with E-state index in [0.717, 1.165) is 12.3 Å². The monoisotopic (exact) mass is 320 g/mol. The van der Waals surface area contributed by atoms with Crippen molar-refractivity contribution >= 4 is 11.6 Å². The maximum atomic E-state index is 6.02. The van der Waals surface area contributed by atoms with Crippen molar-refractivity contribution in [3.63, 3.8) is 0 Å². The van der Waals surface area contributed by atoms with Crippen LogP contribution >= 0.6 is 11.6 Å². The number of hydrogen-bond donors (Lipinski definition) is 0. The second-order valence-electron chi connectivity index (χ2n) is 7.94. The summed E-state index contributed by atoms with van der Waals surface area (Å²) in [6, 6.07) is 9.08. The average molecular weight is 321 g/mol. The molecular formula is C21H33Cl. The number of unbranched alkanes of at least 4 members (excludes halogenated alkanes) is 1. The molecule has 124 valence electrons. The molecule has 0 saturated heterocycles. The van der Waals surface area contributed by atoms with Crippen molar-refractivity contribution < 1.29 is 0 Å². The molecule has 1 aliphatic carbocycles. The van der Waals surface area contributed by atoms with Gasteiger partial charge in [0, 0.05) is 5.88 Å². The quantitative estimate of drug-likeness (QED) is 0.431. The van der Waals surface area contributed by atoms with Gasteiger partial charge in [0.25, 0.3) is 0 Å². The lowest BCUT2D eigenvalue weighted by molar-refractivity contribution is 0.306. The van der Waals surface area contributed by atoms with Gasteiger partial charge in [-0.15, -0.1) is 11.6 Å². The molecule has 0 aliphatic heterocycles. The molecule has 0 spiro atoms. The fraction of sp³-hybridized carbons (Fsp3) is 0.714. The molecule has 2 atom stereocenters.